The van der Waals surface area contributed by atoms with Gasteiger partial charge in [-0.3, -0.25) is 0 Å². The lowest BCUT2D eigenvalue weighted by Gasteiger charge is -1.99. The van der Waals surface area contributed by atoms with Crippen LogP contribution in [-0.4, -0.2) is 4.98 Å². The minimum atomic E-state index is 1.05. The zero-order valence-corrected chi connectivity index (χ0v) is 11.5. The van der Waals surface area contributed by atoms with E-state index in [1.165, 1.54) is 5.57 Å². The molecule has 0 aliphatic carbocycles. The van der Waals surface area contributed by atoms with Gasteiger partial charge >= 0.3 is 0 Å². The summed E-state index contributed by atoms with van der Waals surface area (Å²) < 4.78 is 1.12. The van der Waals surface area contributed by atoms with E-state index in [1.807, 2.05) is 24.6 Å². The summed E-state index contributed by atoms with van der Waals surface area (Å²) in [7, 11) is 0. The molecule has 0 unspecified atom stereocenters. The number of rotatable bonds is 3. The lowest BCUT2D eigenvalue weighted by molar-refractivity contribution is 1.36. The van der Waals surface area contributed by atoms with Crippen molar-refractivity contribution < 1.29 is 0 Å². The SMILES string of the molecule is C/C=C/C(=C\C(Br)=C(C)C)c1nccs1. The number of nitrogens with zero attached hydrogens (tertiary/aromatic N) is 1. The second-order valence-electron chi connectivity index (χ2n) is 3.28. The van der Waals surface area contributed by atoms with E-state index in [0.717, 1.165) is 15.1 Å². The first kappa shape index (κ1) is 12.4. The van der Waals surface area contributed by atoms with Crippen molar-refractivity contribution in [2.45, 2.75) is 20.8 Å². The van der Waals surface area contributed by atoms with Gasteiger partial charge in [0, 0.05) is 21.6 Å². The smallest absolute Gasteiger partial charge is 0.123 e. The average molecular weight is 284 g/mol. The topological polar surface area (TPSA) is 12.9 Å². The van der Waals surface area contributed by atoms with Crippen molar-refractivity contribution in [3.63, 3.8) is 0 Å². The Morgan fingerprint density at radius 2 is 2.20 bits per heavy atom. The summed E-state index contributed by atoms with van der Waals surface area (Å²) in [6.07, 6.45) is 8.03. The van der Waals surface area contributed by atoms with Crippen LogP contribution >= 0.6 is 27.3 Å². The summed E-state index contributed by atoms with van der Waals surface area (Å²) in [5.41, 5.74) is 2.40. The molecule has 0 atom stereocenters. The minimum Gasteiger partial charge on any atom is -0.245 e. The molecular formula is C12H14BrNS. The molecule has 15 heavy (non-hydrogen) atoms. The molecule has 1 nitrogen and oxygen atoms in total. The van der Waals surface area contributed by atoms with Crippen LogP contribution in [0.2, 0.25) is 0 Å². The van der Waals surface area contributed by atoms with E-state index >= 15 is 0 Å². The Labute approximate surface area is 103 Å². The Bertz CT molecular complexity index is 395. The highest BCUT2D eigenvalue weighted by molar-refractivity contribution is 9.11. The molecule has 80 valence electrons. The molecule has 3 heteroatoms. The van der Waals surface area contributed by atoms with Crippen molar-refractivity contribution in [1.82, 2.24) is 4.98 Å². The van der Waals surface area contributed by atoms with Crippen LogP contribution in [0.5, 0.6) is 0 Å². The minimum absolute atomic E-state index is 1.05. The fourth-order valence-corrected chi connectivity index (χ4v) is 1.89. The molecule has 1 aromatic heterocycles. The Kier molecular flexibility index (Phi) is 4.99. The van der Waals surface area contributed by atoms with Crippen LogP contribution in [0.25, 0.3) is 5.57 Å². The van der Waals surface area contributed by atoms with Gasteiger partial charge in [0.15, 0.2) is 0 Å². The maximum Gasteiger partial charge on any atom is 0.123 e. The lowest BCUT2D eigenvalue weighted by Crippen LogP contribution is -1.80. The molecule has 1 aromatic rings. The molecule has 0 N–H and O–H groups in total. The van der Waals surface area contributed by atoms with Crippen molar-refractivity contribution in [1.29, 1.82) is 0 Å². The number of thiazole rings is 1. The van der Waals surface area contributed by atoms with Crippen LogP contribution < -0.4 is 0 Å². The second-order valence-corrected chi connectivity index (χ2v) is 5.03. The zero-order chi connectivity index (χ0) is 11.3. The van der Waals surface area contributed by atoms with E-state index in [9.17, 15) is 0 Å². The summed E-state index contributed by atoms with van der Waals surface area (Å²) >= 11 is 5.20. The first-order valence-corrected chi connectivity index (χ1v) is 6.39. The van der Waals surface area contributed by atoms with Gasteiger partial charge in [-0.25, -0.2) is 4.98 Å². The molecule has 0 fully saturated rings. The van der Waals surface area contributed by atoms with Gasteiger partial charge in [-0.2, -0.15) is 0 Å². The maximum absolute atomic E-state index is 4.30. The number of aromatic nitrogens is 1. The van der Waals surface area contributed by atoms with E-state index in [2.05, 4.69) is 46.9 Å². The van der Waals surface area contributed by atoms with Crippen molar-refractivity contribution in [3.8, 4) is 0 Å². The molecule has 0 aromatic carbocycles. The first-order valence-electron chi connectivity index (χ1n) is 4.72. The van der Waals surface area contributed by atoms with E-state index in [4.69, 9.17) is 0 Å². The third kappa shape index (κ3) is 3.76. The molecular weight excluding hydrogens is 270 g/mol. The standard InChI is InChI=1S/C12H14BrNS/c1-4-5-10(8-11(13)9(2)3)12-14-6-7-15-12/h4-8H,1-3H3/b5-4+,10-8+. The van der Waals surface area contributed by atoms with Crippen LogP contribution in [0.15, 0.2) is 39.9 Å². The van der Waals surface area contributed by atoms with Gasteiger partial charge in [0.2, 0.25) is 0 Å². The molecule has 0 radical (unpaired) electrons. The largest absolute Gasteiger partial charge is 0.245 e. The third-order valence-electron chi connectivity index (χ3n) is 1.79. The summed E-state index contributed by atoms with van der Waals surface area (Å²) in [6, 6.07) is 0. The molecule has 0 amide bonds. The Balaban J connectivity index is 3.10. The lowest BCUT2D eigenvalue weighted by atomic mass is 10.2. The van der Waals surface area contributed by atoms with Crippen molar-refractivity contribution in [3.05, 3.63) is 44.9 Å². The predicted molar refractivity (Wildman–Crippen MR) is 72.2 cm³/mol. The normalized spacial score (nSPS) is 12.1. The van der Waals surface area contributed by atoms with Gasteiger partial charge in [-0.1, -0.05) is 33.7 Å². The van der Waals surface area contributed by atoms with Crippen molar-refractivity contribution >= 4 is 32.8 Å². The molecule has 0 spiro atoms. The maximum atomic E-state index is 4.30. The summed E-state index contributed by atoms with van der Waals surface area (Å²) in [6.45, 7) is 6.17. The van der Waals surface area contributed by atoms with Crippen molar-refractivity contribution in [2.24, 2.45) is 0 Å². The predicted octanol–water partition coefficient (Wildman–Crippen LogP) is 4.79. The van der Waals surface area contributed by atoms with Gasteiger partial charge in [0.25, 0.3) is 0 Å². The Morgan fingerprint density at radius 3 is 2.67 bits per heavy atom. The van der Waals surface area contributed by atoms with Crippen LogP contribution in [-0.2, 0) is 0 Å². The molecule has 0 saturated carbocycles. The fourth-order valence-electron chi connectivity index (χ4n) is 1.01. The molecule has 0 saturated heterocycles. The third-order valence-corrected chi connectivity index (χ3v) is 3.63. The number of hydrogen-bond donors (Lipinski definition) is 0. The van der Waals surface area contributed by atoms with Gasteiger partial charge in [-0.05, 0) is 26.8 Å². The van der Waals surface area contributed by atoms with Crippen LogP contribution in [0.4, 0.5) is 0 Å². The van der Waals surface area contributed by atoms with Crippen LogP contribution in [0.1, 0.15) is 25.8 Å². The van der Waals surface area contributed by atoms with E-state index in [1.54, 1.807) is 11.3 Å². The van der Waals surface area contributed by atoms with Crippen LogP contribution in [0, 0.1) is 0 Å². The molecule has 1 heterocycles. The first-order chi connectivity index (χ1) is 7.15. The average Bonchev–Trinajstić information content (AvgIpc) is 2.69. The molecule has 0 bridgehead atoms. The van der Waals surface area contributed by atoms with E-state index < -0.39 is 0 Å². The summed E-state index contributed by atoms with van der Waals surface area (Å²) in [5, 5.41) is 3.04. The Hall–Kier alpha value is -0.670. The molecule has 0 aliphatic heterocycles. The Morgan fingerprint density at radius 1 is 1.47 bits per heavy atom. The zero-order valence-electron chi connectivity index (χ0n) is 9.12. The molecule has 0 aliphatic rings. The van der Waals surface area contributed by atoms with E-state index in [-0.39, 0.29) is 0 Å². The highest BCUT2D eigenvalue weighted by Crippen LogP contribution is 2.23. The number of halogens is 1. The van der Waals surface area contributed by atoms with Crippen LogP contribution in [0.3, 0.4) is 0 Å². The van der Waals surface area contributed by atoms with Gasteiger partial charge in [0.05, 0.1) is 0 Å². The number of allylic oxidation sites excluding steroid dienone is 6. The molecule has 1 rings (SSSR count). The van der Waals surface area contributed by atoms with Gasteiger partial charge in [-0.15, -0.1) is 11.3 Å². The van der Waals surface area contributed by atoms with E-state index in [0.29, 0.717) is 0 Å². The van der Waals surface area contributed by atoms with Gasteiger partial charge in [0.1, 0.15) is 5.01 Å². The second kappa shape index (κ2) is 6.03. The summed E-state index contributed by atoms with van der Waals surface area (Å²) in [4.78, 5) is 4.30. The van der Waals surface area contributed by atoms with Gasteiger partial charge < -0.3 is 0 Å². The quantitative estimate of drug-likeness (QED) is 0.727. The highest BCUT2D eigenvalue weighted by atomic mass is 79.9. The van der Waals surface area contributed by atoms with Crippen molar-refractivity contribution in [2.75, 3.05) is 0 Å². The highest BCUT2D eigenvalue weighted by Gasteiger charge is 2.01. The fraction of sp³-hybridized carbons (Fsp3) is 0.250. The number of hydrogen-bond acceptors (Lipinski definition) is 2. The summed E-state index contributed by atoms with van der Waals surface area (Å²) in [5.74, 6) is 0. The monoisotopic (exact) mass is 283 g/mol.